The number of benzene rings is 2. The predicted molar refractivity (Wildman–Crippen MR) is 183 cm³/mol. The fourth-order valence-electron chi connectivity index (χ4n) is 5.76. The van der Waals surface area contributed by atoms with Crippen molar-refractivity contribution in [3.05, 3.63) is 81.4 Å². The van der Waals surface area contributed by atoms with Crippen LogP contribution < -0.4 is 21.6 Å². The summed E-state index contributed by atoms with van der Waals surface area (Å²) in [6.07, 6.45) is 2.04. The molecule has 48 heavy (non-hydrogen) atoms. The van der Waals surface area contributed by atoms with Gasteiger partial charge >= 0.3 is 5.69 Å². The molecule has 0 radical (unpaired) electrons. The molecule has 4 amide bonds. The van der Waals surface area contributed by atoms with E-state index < -0.39 is 6.04 Å². The van der Waals surface area contributed by atoms with Gasteiger partial charge in [0, 0.05) is 50.3 Å². The van der Waals surface area contributed by atoms with Crippen LogP contribution in [0.1, 0.15) is 66.9 Å². The Labute approximate surface area is 283 Å². The van der Waals surface area contributed by atoms with Gasteiger partial charge in [-0.05, 0) is 67.6 Å². The summed E-state index contributed by atoms with van der Waals surface area (Å²) in [7, 11) is 0. The topological polar surface area (TPSA) is 159 Å². The molecule has 1 aliphatic heterocycles. The Kier molecular flexibility index (Phi) is 11.4. The molecule has 0 spiro atoms. The quantitative estimate of drug-likeness (QED) is 0.252. The molecule has 2 aromatic heterocycles. The Morgan fingerprint density at radius 1 is 0.958 bits per heavy atom. The van der Waals surface area contributed by atoms with E-state index in [1.54, 1.807) is 51.9 Å². The second-order valence-corrected chi connectivity index (χ2v) is 12.4. The van der Waals surface area contributed by atoms with Gasteiger partial charge in [0.1, 0.15) is 11.8 Å². The normalized spacial score (nSPS) is 18.1. The number of aromatic amines is 1. The van der Waals surface area contributed by atoms with Crippen molar-refractivity contribution in [3.8, 4) is 11.3 Å². The lowest BCUT2D eigenvalue weighted by molar-refractivity contribution is -0.130. The van der Waals surface area contributed by atoms with Gasteiger partial charge in [0.2, 0.25) is 11.8 Å². The van der Waals surface area contributed by atoms with E-state index in [0.29, 0.717) is 71.7 Å². The molecule has 0 unspecified atom stereocenters. The highest BCUT2D eigenvalue weighted by Gasteiger charge is 2.26. The molecule has 13 heteroatoms. The Balaban J connectivity index is 1.36. The van der Waals surface area contributed by atoms with Crippen LogP contribution in [0.3, 0.4) is 0 Å². The van der Waals surface area contributed by atoms with E-state index in [1.807, 2.05) is 26.0 Å². The number of furan rings is 1. The number of fused-ring (bicyclic) bond motifs is 1. The first-order chi connectivity index (χ1) is 23.2. The molecule has 1 aliphatic rings. The molecule has 0 aliphatic carbocycles. The smallest absolute Gasteiger partial charge is 0.326 e. The monoisotopic (exact) mass is 676 g/mol. The summed E-state index contributed by atoms with van der Waals surface area (Å²) in [5.74, 6) is -0.776. The number of hydrogen-bond donors (Lipinski definition) is 4. The number of nitrogens with one attached hydrogen (secondary N) is 4. The summed E-state index contributed by atoms with van der Waals surface area (Å²) in [6.45, 7) is 5.31. The van der Waals surface area contributed by atoms with Crippen LogP contribution in [-0.4, -0.2) is 70.3 Å². The highest BCUT2D eigenvalue weighted by molar-refractivity contribution is 6.33. The summed E-state index contributed by atoms with van der Waals surface area (Å²) in [6, 6.07) is 14.8. The first kappa shape index (κ1) is 34.5. The second kappa shape index (κ2) is 15.8. The van der Waals surface area contributed by atoms with Gasteiger partial charge in [-0.1, -0.05) is 44.0 Å². The van der Waals surface area contributed by atoms with Crippen LogP contribution in [0.15, 0.2) is 63.8 Å². The van der Waals surface area contributed by atoms with Crippen LogP contribution in [0.25, 0.3) is 22.4 Å². The zero-order valence-electron chi connectivity index (χ0n) is 27.1. The molecular formula is C35H41ClN6O6. The standard InChI is InChI=1S/C35H41ClN6O6/c1-3-22(2)31-33(45)38-17-8-20-42-27-21-23(12-13-26(27)39-35(42)47)32(44)37-16-7-19-41(18-6-11-30(43)40-31)34(46)29-15-14-28(48-29)24-9-4-5-10-25(24)36/h4-5,9-10,12-15,21-22,31H,3,6-8,11,16-20H2,1-2H3,(H,37,44)(H,38,45)(H,39,47)(H,40,43)/t22-,31-/m0/s1. The van der Waals surface area contributed by atoms with E-state index in [9.17, 15) is 24.0 Å². The highest BCUT2D eigenvalue weighted by Crippen LogP contribution is 2.29. The molecule has 12 nitrogen and oxygen atoms in total. The third-order valence-electron chi connectivity index (χ3n) is 8.67. The number of aryl methyl sites for hydroxylation is 1. The van der Waals surface area contributed by atoms with Crippen molar-refractivity contribution in [3.63, 3.8) is 0 Å². The van der Waals surface area contributed by atoms with Crippen molar-refractivity contribution in [1.29, 1.82) is 0 Å². The van der Waals surface area contributed by atoms with Crippen LogP contribution in [0.2, 0.25) is 5.02 Å². The van der Waals surface area contributed by atoms with Gasteiger partial charge in [-0.3, -0.25) is 23.7 Å². The molecule has 254 valence electrons. The Bertz CT molecular complexity index is 1840. The third kappa shape index (κ3) is 8.17. The summed E-state index contributed by atoms with van der Waals surface area (Å²) >= 11 is 6.34. The molecule has 0 saturated heterocycles. The number of aromatic nitrogens is 2. The summed E-state index contributed by atoms with van der Waals surface area (Å²) in [4.78, 5) is 70.0. The summed E-state index contributed by atoms with van der Waals surface area (Å²) < 4.78 is 7.47. The zero-order valence-corrected chi connectivity index (χ0v) is 27.9. The fourth-order valence-corrected chi connectivity index (χ4v) is 5.98. The molecule has 4 aromatic rings. The molecule has 4 N–H and O–H groups in total. The Morgan fingerprint density at radius 3 is 2.50 bits per heavy atom. The predicted octanol–water partition coefficient (Wildman–Crippen LogP) is 4.34. The van der Waals surface area contributed by atoms with Gasteiger partial charge < -0.3 is 30.3 Å². The molecule has 2 atom stereocenters. The van der Waals surface area contributed by atoms with E-state index >= 15 is 0 Å². The summed E-state index contributed by atoms with van der Waals surface area (Å²) in [5, 5.41) is 9.18. The minimum absolute atomic E-state index is 0.103. The molecule has 2 bridgehead atoms. The van der Waals surface area contributed by atoms with Gasteiger partial charge in [0.25, 0.3) is 11.8 Å². The fraction of sp³-hybridized carbons (Fsp3) is 0.400. The number of imidazole rings is 1. The van der Waals surface area contributed by atoms with Crippen LogP contribution in [0, 0.1) is 5.92 Å². The number of rotatable bonds is 4. The van der Waals surface area contributed by atoms with Crippen molar-refractivity contribution in [2.75, 3.05) is 26.2 Å². The molecule has 0 fully saturated rings. The van der Waals surface area contributed by atoms with Gasteiger partial charge in [-0.15, -0.1) is 0 Å². The van der Waals surface area contributed by atoms with E-state index in [1.165, 1.54) is 0 Å². The molecule has 5 rings (SSSR count). The van der Waals surface area contributed by atoms with Crippen molar-refractivity contribution < 1.29 is 23.6 Å². The third-order valence-corrected chi connectivity index (χ3v) is 9.00. The lowest BCUT2D eigenvalue weighted by Gasteiger charge is -2.24. The molecule has 2 aromatic carbocycles. The average Bonchev–Trinajstić information content (AvgIpc) is 3.69. The Morgan fingerprint density at radius 2 is 1.71 bits per heavy atom. The van der Waals surface area contributed by atoms with Crippen molar-refractivity contribution in [2.45, 2.75) is 58.5 Å². The average molecular weight is 677 g/mol. The van der Waals surface area contributed by atoms with Crippen LogP contribution >= 0.6 is 11.6 Å². The van der Waals surface area contributed by atoms with E-state index in [2.05, 4.69) is 20.9 Å². The number of H-pyrrole nitrogens is 1. The van der Waals surface area contributed by atoms with Crippen molar-refractivity contribution >= 4 is 46.3 Å². The van der Waals surface area contributed by atoms with Gasteiger partial charge in [0.15, 0.2) is 5.76 Å². The number of nitrogens with zero attached hydrogens (tertiary/aromatic N) is 2. The minimum Gasteiger partial charge on any atom is -0.451 e. The van der Waals surface area contributed by atoms with Crippen molar-refractivity contribution in [1.82, 2.24) is 30.4 Å². The van der Waals surface area contributed by atoms with E-state index in [0.717, 1.165) is 0 Å². The van der Waals surface area contributed by atoms with Crippen molar-refractivity contribution in [2.24, 2.45) is 5.92 Å². The largest absolute Gasteiger partial charge is 0.451 e. The maximum absolute atomic E-state index is 13.7. The molecule has 0 saturated carbocycles. The maximum Gasteiger partial charge on any atom is 0.326 e. The second-order valence-electron chi connectivity index (χ2n) is 12.0. The maximum atomic E-state index is 13.7. The highest BCUT2D eigenvalue weighted by atomic mass is 35.5. The van der Waals surface area contributed by atoms with E-state index in [-0.39, 0.29) is 67.1 Å². The summed E-state index contributed by atoms with van der Waals surface area (Å²) in [5.41, 5.74) is 1.93. The van der Waals surface area contributed by atoms with Gasteiger partial charge in [-0.25, -0.2) is 4.79 Å². The van der Waals surface area contributed by atoms with Gasteiger partial charge in [-0.2, -0.15) is 0 Å². The number of amides is 4. The number of carbonyl (C=O) groups excluding carboxylic acids is 4. The zero-order chi connectivity index (χ0) is 34.2. The lowest BCUT2D eigenvalue weighted by Crippen LogP contribution is -2.50. The van der Waals surface area contributed by atoms with Crippen LogP contribution in [-0.2, 0) is 16.1 Å². The first-order valence-corrected chi connectivity index (χ1v) is 16.8. The molecule has 3 heterocycles. The number of halogens is 1. The van der Waals surface area contributed by atoms with Gasteiger partial charge in [0.05, 0.1) is 16.1 Å². The SMILES string of the molecule is CC[C@H](C)[C@@H]1NC(=O)CCCN(C(=O)c2ccc(-c3ccccc3Cl)o2)CCCNC(=O)c2ccc3[nH]c(=O)n(c3c2)CCCNC1=O. The Hall–Kier alpha value is -4.84. The number of carbonyl (C=O) groups is 4. The van der Waals surface area contributed by atoms with Crippen LogP contribution in [0.5, 0.6) is 0 Å². The van der Waals surface area contributed by atoms with E-state index in [4.69, 9.17) is 16.0 Å². The number of hydrogen-bond acceptors (Lipinski definition) is 6. The molecular weight excluding hydrogens is 636 g/mol. The lowest BCUT2D eigenvalue weighted by atomic mass is 9.98. The van der Waals surface area contributed by atoms with Crippen LogP contribution in [0.4, 0.5) is 0 Å². The minimum atomic E-state index is -0.726. The first-order valence-electron chi connectivity index (χ1n) is 16.4.